The minimum absolute atomic E-state index is 0.105. The first-order valence-corrected chi connectivity index (χ1v) is 17.7. The van der Waals surface area contributed by atoms with E-state index in [9.17, 15) is 9.59 Å². The molecule has 2 saturated heterocycles. The summed E-state index contributed by atoms with van der Waals surface area (Å²) in [5.41, 5.74) is 5.04. The van der Waals surface area contributed by atoms with Crippen LogP contribution in [0.1, 0.15) is 96.7 Å². The molecule has 8 rings (SSSR count). The highest BCUT2D eigenvalue weighted by atomic mass is 16.6. The van der Waals surface area contributed by atoms with E-state index in [4.69, 9.17) is 24.9 Å². The zero-order valence-electron chi connectivity index (χ0n) is 29.5. The largest absolute Gasteiger partial charge is 0.444 e. The van der Waals surface area contributed by atoms with Crippen molar-refractivity contribution in [1.29, 1.82) is 5.41 Å². The minimum Gasteiger partial charge on any atom is -0.444 e. The van der Waals surface area contributed by atoms with E-state index < -0.39 is 11.2 Å². The van der Waals surface area contributed by atoms with E-state index in [-0.39, 0.29) is 36.4 Å². The van der Waals surface area contributed by atoms with Crippen molar-refractivity contribution in [3.8, 4) is 33.6 Å². The Morgan fingerprint density at radius 1 is 0.720 bits per heavy atom. The molecule has 260 valence electrons. The number of rotatable bonds is 6. The van der Waals surface area contributed by atoms with Crippen LogP contribution in [0.15, 0.2) is 54.7 Å². The number of hydrogen-bond acceptors (Lipinski definition) is 7. The summed E-state index contributed by atoms with van der Waals surface area (Å²) in [6.45, 7) is 11.3. The number of imidazole rings is 2. The predicted molar refractivity (Wildman–Crippen MR) is 190 cm³/mol. The fraction of sp³-hybridized carbons (Fsp3) is 0.462. The summed E-state index contributed by atoms with van der Waals surface area (Å²) in [4.78, 5) is 46.4. The molecule has 0 unspecified atom stereocenters. The average molecular weight is 676 g/mol. The van der Waals surface area contributed by atoms with E-state index in [2.05, 4.69) is 46.4 Å². The molecular formula is C39H45N7O4. The standard InChI is InChI=1S/C39H45N7O4/c1-38(2,3)49-36(47)45-29-15-25(29)17-31(45)34-41-20-28(43-34)23-11-7-21(8-12-23)22-9-13-24(14-10-22)33-27(19-40)42-35(44-33)32-18-26-16-30(26)46(32)37(48)50-39(4,5)6/h7-14,19-20,25-26,29-32,40H,15-18H2,1-6H3,(H,41,43)(H,42,44)/t25-,26-,29-,30-,31+,32+/m1/s1. The molecule has 4 aliphatic rings. The van der Waals surface area contributed by atoms with Gasteiger partial charge < -0.3 is 24.9 Å². The van der Waals surface area contributed by atoms with Crippen molar-refractivity contribution in [3.63, 3.8) is 0 Å². The Balaban J connectivity index is 0.966. The van der Waals surface area contributed by atoms with Crippen molar-refractivity contribution < 1.29 is 19.1 Å². The second-order valence-corrected chi connectivity index (χ2v) is 16.3. The van der Waals surface area contributed by atoms with Gasteiger partial charge in [0.1, 0.15) is 22.9 Å². The number of benzene rings is 2. The fourth-order valence-electron chi connectivity index (χ4n) is 7.75. The summed E-state index contributed by atoms with van der Waals surface area (Å²) in [6, 6.07) is 16.6. The van der Waals surface area contributed by atoms with Gasteiger partial charge in [-0.2, -0.15) is 0 Å². The van der Waals surface area contributed by atoms with Gasteiger partial charge in [-0.25, -0.2) is 19.6 Å². The van der Waals surface area contributed by atoms with Gasteiger partial charge in [0.05, 0.1) is 29.2 Å². The van der Waals surface area contributed by atoms with Crippen molar-refractivity contribution in [2.75, 3.05) is 0 Å². The van der Waals surface area contributed by atoms with Crippen molar-refractivity contribution >= 4 is 18.4 Å². The second-order valence-electron chi connectivity index (χ2n) is 16.3. The third-order valence-electron chi connectivity index (χ3n) is 10.2. The number of hydrogen-bond donors (Lipinski definition) is 3. The average Bonchev–Trinajstić information content (AvgIpc) is 3.68. The molecule has 2 aromatic carbocycles. The Morgan fingerprint density at radius 3 is 1.70 bits per heavy atom. The van der Waals surface area contributed by atoms with Crippen LogP contribution in [0.25, 0.3) is 33.6 Å². The van der Waals surface area contributed by atoms with Gasteiger partial charge in [-0.05, 0) is 90.2 Å². The third kappa shape index (κ3) is 6.07. The van der Waals surface area contributed by atoms with Crippen molar-refractivity contribution in [3.05, 3.63) is 72.1 Å². The Hall–Kier alpha value is -4.93. The topological polar surface area (TPSA) is 140 Å². The number of piperidine rings is 2. The molecule has 2 saturated carbocycles. The zero-order valence-corrected chi connectivity index (χ0v) is 29.5. The van der Waals surface area contributed by atoms with E-state index in [1.54, 1.807) is 0 Å². The smallest absolute Gasteiger partial charge is 0.411 e. The lowest BCUT2D eigenvalue weighted by atomic mass is 10.0. The van der Waals surface area contributed by atoms with Crippen molar-refractivity contribution in [1.82, 2.24) is 29.7 Å². The molecule has 0 radical (unpaired) electrons. The van der Waals surface area contributed by atoms with Gasteiger partial charge in [0.15, 0.2) is 0 Å². The fourth-order valence-corrected chi connectivity index (χ4v) is 7.75. The van der Waals surface area contributed by atoms with E-state index >= 15 is 0 Å². The SMILES string of the molecule is CC(C)(C)OC(=O)N1[C@@H]2C[C@@H]2C[C@H]1c1nc(-c2ccc(-c3ccc(-c4nc([C@@H]5C[C@H]6C[C@H]6N5C(=O)OC(C)(C)C)[nH]c4C=N)cc3)cc2)c[nH]1. The van der Waals surface area contributed by atoms with Gasteiger partial charge in [-0.3, -0.25) is 9.80 Å². The molecule has 2 aliphatic carbocycles. The minimum atomic E-state index is -0.573. The molecule has 4 heterocycles. The lowest BCUT2D eigenvalue weighted by Gasteiger charge is -2.29. The molecule has 2 aromatic heterocycles. The quantitative estimate of drug-likeness (QED) is 0.176. The molecule has 4 aromatic rings. The van der Waals surface area contributed by atoms with Gasteiger partial charge in [0.2, 0.25) is 0 Å². The maximum atomic E-state index is 13.1. The van der Waals surface area contributed by atoms with Gasteiger partial charge >= 0.3 is 12.2 Å². The van der Waals surface area contributed by atoms with Gasteiger partial charge in [-0.1, -0.05) is 48.5 Å². The summed E-state index contributed by atoms with van der Waals surface area (Å²) in [5.74, 6) is 2.48. The zero-order chi connectivity index (χ0) is 35.1. The molecule has 50 heavy (non-hydrogen) atoms. The Morgan fingerprint density at radius 2 is 1.20 bits per heavy atom. The molecule has 3 N–H and O–H groups in total. The summed E-state index contributed by atoms with van der Waals surface area (Å²) >= 11 is 0. The number of nitrogens with zero attached hydrogens (tertiary/aromatic N) is 4. The maximum Gasteiger partial charge on any atom is 0.411 e. The molecule has 0 bridgehead atoms. The van der Waals surface area contributed by atoms with Crippen molar-refractivity contribution in [2.24, 2.45) is 11.8 Å². The number of nitrogens with one attached hydrogen (secondary N) is 3. The second kappa shape index (κ2) is 11.6. The lowest BCUT2D eigenvalue weighted by molar-refractivity contribution is 0.0164. The van der Waals surface area contributed by atoms with E-state index in [1.165, 1.54) is 6.21 Å². The molecule has 11 heteroatoms. The molecule has 11 nitrogen and oxygen atoms in total. The normalized spacial score (nSPS) is 25.2. The number of fused-ring (bicyclic) bond motifs is 2. The Bertz CT molecular complexity index is 1950. The van der Waals surface area contributed by atoms with Crippen LogP contribution in [0, 0.1) is 17.2 Å². The van der Waals surface area contributed by atoms with Crippen LogP contribution in [0.4, 0.5) is 9.59 Å². The van der Waals surface area contributed by atoms with E-state index in [0.29, 0.717) is 29.0 Å². The number of ether oxygens (including phenoxy) is 2. The first-order valence-electron chi connectivity index (χ1n) is 17.7. The summed E-state index contributed by atoms with van der Waals surface area (Å²) < 4.78 is 11.5. The van der Waals surface area contributed by atoms with Gasteiger partial charge in [0, 0.05) is 35.6 Å². The highest BCUT2D eigenvalue weighted by Gasteiger charge is 2.57. The lowest BCUT2D eigenvalue weighted by Crippen LogP contribution is -2.38. The maximum absolute atomic E-state index is 13.1. The monoisotopic (exact) mass is 675 g/mol. The molecule has 0 spiro atoms. The predicted octanol–water partition coefficient (Wildman–Crippen LogP) is 8.27. The van der Waals surface area contributed by atoms with Crippen LogP contribution < -0.4 is 0 Å². The van der Waals surface area contributed by atoms with Crippen LogP contribution >= 0.6 is 0 Å². The highest BCUT2D eigenvalue weighted by molar-refractivity contribution is 5.86. The van der Waals surface area contributed by atoms with Gasteiger partial charge in [-0.15, -0.1) is 0 Å². The van der Waals surface area contributed by atoms with Crippen LogP contribution in [0.5, 0.6) is 0 Å². The Labute approximate surface area is 292 Å². The summed E-state index contributed by atoms with van der Waals surface area (Å²) in [7, 11) is 0. The molecule has 6 atom stereocenters. The number of likely N-dealkylation sites (tertiary alicyclic amines) is 2. The molecular weight excluding hydrogens is 630 g/mol. The third-order valence-corrected chi connectivity index (χ3v) is 10.2. The number of carbonyl (C=O) groups is 2. The van der Waals surface area contributed by atoms with Crippen molar-refractivity contribution in [2.45, 2.75) is 103 Å². The van der Waals surface area contributed by atoms with Crippen LogP contribution in [0.2, 0.25) is 0 Å². The highest BCUT2D eigenvalue weighted by Crippen LogP contribution is 2.54. The number of carbonyl (C=O) groups excluding carboxylic acids is 2. The number of aromatic nitrogens is 4. The first kappa shape index (κ1) is 32.3. The Kier molecular flexibility index (Phi) is 7.47. The number of H-pyrrole nitrogens is 2. The van der Waals surface area contributed by atoms with Crippen LogP contribution in [0.3, 0.4) is 0 Å². The number of aromatic amines is 2. The van der Waals surface area contributed by atoms with Crippen LogP contribution in [-0.2, 0) is 9.47 Å². The molecule has 4 fully saturated rings. The van der Waals surface area contributed by atoms with Crippen LogP contribution in [-0.4, -0.2) is 71.4 Å². The summed E-state index contributed by atoms with van der Waals surface area (Å²) in [5, 5.41) is 8.08. The van der Waals surface area contributed by atoms with Gasteiger partial charge in [0.25, 0.3) is 0 Å². The van der Waals surface area contributed by atoms with E-state index in [1.807, 2.05) is 69.7 Å². The summed E-state index contributed by atoms with van der Waals surface area (Å²) in [6.07, 6.45) is 6.41. The molecule has 2 aliphatic heterocycles. The molecule has 2 amide bonds. The van der Waals surface area contributed by atoms with E-state index in [0.717, 1.165) is 59.5 Å². The first-order chi connectivity index (χ1) is 23.8. The number of amides is 2.